The highest BCUT2D eigenvalue weighted by molar-refractivity contribution is 5.55. The molecule has 0 fully saturated rings. The van der Waals surface area contributed by atoms with Gasteiger partial charge in [-0.3, -0.25) is 0 Å². The van der Waals surface area contributed by atoms with Crippen LogP contribution in [-0.2, 0) is 0 Å². The van der Waals surface area contributed by atoms with E-state index >= 15 is 0 Å². The highest BCUT2D eigenvalue weighted by Gasteiger charge is 2.23. The Morgan fingerprint density at radius 2 is 0.974 bits per heavy atom. The van der Waals surface area contributed by atoms with Crippen LogP contribution in [0.4, 0.5) is 5.69 Å². The number of rotatable bonds is 14. The van der Waals surface area contributed by atoms with E-state index in [0.717, 1.165) is 50.8 Å². The van der Waals surface area contributed by atoms with Crippen molar-refractivity contribution in [2.45, 2.75) is 61.3 Å². The van der Waals surface area contributed by atoms with E-state index in [1.807, 2.05) is 10.1 Å². The number of nitrogens with zero attached hydrogens (tertiary/aromatic N) is 3. The lowest BCUT2D eigenvalue weighted by molar-refractivity contribution is -0.0487. The smallest absolute Gasteiger partial charge is 0.147 e. The van der Waals surface area contributed by atoms with E-state index in [1.54, 1.807) is 0 Å². The zero-order valence-electron chi connectivity index (χ0n) is 24.8. The Hall–Kier alpha value is -3.02. The molecule has 0 aliphatic carbocycles. The lowest BCUT2D eigenvalue weighted by atomic mass is 9.81. The summed E-state index contributed by atoms with van der Waals surface area (Å²) < 4.78 is 0. The van der Waals surface area contributed by atoms with Crippen molar-refractivity contribution in [1.82, 2.24) is 10.1 Å². The number of hydrogen-bond donors (Lipinski definition) is 0. The fourth-order valence-electron chi connectivity index (χ4n) is 4.97. The lowest BCUT2D eigenvalue weighted by Gasteiger charge is -2.27. The second-order valence-corrected chi connectivity index (χ2v) is 9.64. The van der Waals surface area contributed by atoms with Gasteiger partial charge in [-0.2, -0.15) is 0 Å². The van der Waals surface area contributed by atoms with Crippen LogP contribution in [0.1, 0.15) is 75.3 Å². The van der Waals surface area contributed by atoms with Gasteiger partial charge in [0.05, 0.1) is 0 Å². The van der Waals surface area contributed by atoms with Gasteiger partial charge < -0.3 is 14.6 Å². The fourth-order valence-corrected chi connectivity index (χ4v) is 4.97. The Labute approximate surface area is 230 Å². The molecule has 0 saturated carbocycles. The molecular weight excluding hydrogens is 470 g/mol. The third kappa shape index (κ3) is 7.09. The van der Waals surface area contributed by atoms with Gasteiger partial charge in [-0.1, -0.05) is 24.3 Å². The molecular formula is C33H47N3O2. The second kappa shape index (κ2) is 14.2. The molecule has 5 nitrogen and oxygen atoms in total. The van der Waals surface area contributed by atoms with Crippen LogP contribution in [-0.4, -0.2) is 49.4 Å². The summed E-state index contributed by atoms with van der Waals surface area (Å²) >= 11 is 0. The van der Waals surface area contributed by atoms with Crippen LogP contribution in [0.15, 0.2) is 60.7 Å². The molecule has 0 aliphatic heterocycles. The van der Waals surface area contributed by atoms with Gasteiger partial charge >= 0.3 is 0 Å². The first kappa shape index (κ1) is 29.5. The molecule has 5 heteroatoms. The summed E-state index contributed by atoms with van der Waals surface area (Å²) in [7, 11) is 0. The van der Waals surface area contributed by atoms with Crippen LogP contribution in [0, 0.1) is 13.8 Å². The molecule has 0 N–H and O–H groups in total. The van der Waals surface area contributed by atoms with Gasteiger partial charge in [0.25, 0.3) is 0 Å². The molecule has 206 valence electrons. The summed E-state index contributed by atoms with van der Waals surface area (Å²) in [6.07, 6.45) is 0. The number of benzene rings is 3. The van der Waals surface area contributed by atoms with Crippen LogP contribution in [0.5, 0.6) is 11.5 Å². The molecule has 0 unspecified atom stereocenters. The van der Waals surface area contributed by atoms with Crippen LogP contribution < -0.4 is 14.6 Å². The van der Waals surface area contributed by atoms with Crippen molar-refractivity contribution in [1.29, 1.82) is 0 Å². The van der Waals surface area contributed by atoms with Crippen LogP contribution in [0.25, 0.3) is 0 Å². The number of hydrogen-bond acceptors (Lipinski definition) is 5. The highest BCUT2D eigenvalue weighted by atomic mass is 16.7. The summed E-state index contributed by atoms with van der Waals surface area (Å²) in [4.78, 5) is 14.9. The van der Waals surface area contributed by atoms with Crippen molar-refractivity contribution in [2.24, 2.45) is 0 Å². The van der Waals surface area contributed by atoms with E-state index in [4.69, 9.17) is 9.68 Å². The largest absolute Gasteiger partial charge is 0.406 e. The zero-order valence-corrected chi connectivity index (χ0v) is 24.8. The minimum absolute atomic E-state index is 0.0428. The maximum Gasteiger partial charge on any atom is 0.147 e. The third-order valence-corrected chi connectivity index (χ3v) is 7.36. The normalized spacial score (nSPS) is 11.4. The topological polar surface area (TPSA) is 28.2 Å². The molecule has 0 heterocycles. The number of aryl methyl sites for hydroxylation is 2. The summed E-state index contributed by atoms with van der Waals surface area (Å²) in [5, 5.41) is 3.96. The molecule has 0 aliphatic rings. The zero-order chi connectivity index (χ0) is 27.7. The summed E-state index contributed by atoms with van der Waals surface area (Å²) in [5.41, 5.74) is 7.48. The average molecular weight is 518 g/mol. The Balaban J connectivity index is 2.16. The molecule has 0 bridgehead atoms. The lowest BCUT2D eigenvalue weighted by Crippen LogP contribution is -2.27. The van der Waals surface area contributed by atoms with E-state index in [2.05, 4.69) is 121 Å². The van der Waals surface area contributed by atoms with Crippen molar-refractivity contribution in [3.8, 4) is 11.5 Å². The van der Waals surface area contributed by atoms with Gasteiger partial charge in [-0.25, -0.2) is 0 Å². The molecule has 0 radical (unpaired) electrons. The predicted octanol–water partition coefficient (Wildman–Crippen LogP) is 7.60. The predicted molar refractivity (Wildman–Crippen MR) is 160 cm³/mol. The van der Waals surface area contributed by atoms with E-state index in [-0.39, 0.29) is 5.92 Å². The molecule has 0 saturated heterocycles. The monoisotopic (exact) mass is 517 g/mol. The Morgan fingerprint density at radius 3 is 1.34 bits per heavy atom. The molecule has 3 aromatic carbocycles. The first-order valence-corrected chi connectivity index (χ1v) is 14.3. The van der Waals surface area contributed by atoms with E-state index < -0.39 is 0 Å². The molecule has 38 heavy (non-hydrogen) atoms. The van der Waals surface area contributed by atoms with Crippen LogP contribution >= 0.6 is 0 Å². The maximum absolute atomic E-state index is 6.24. The standard InChI is InChI=1S/C33H47N3O2/c1-9-34(10-2)28-19-17-27(18-20-28)33(31-23-29(21-15-25(31)7)37-35(11-3)12-4)32-24-30(22-16-26(32)8)38-36(13-5)14-6/h15-24,33H,9-14H2,1-8H3. The average Bonchev–Trinajstić information content (AvgIpc) is 2.94. The van der Waals surface area contributed by atoms with Gasteiger partial charge in [-0.15, -0.1) is 10.1 Å². The summed E-state index contributed by atoms with van der Waals surface area (Å²) in [6, 6.07) is 22.0. The van der Waals surface area contributed by atoms with Crippen molar-refractivity contribution in [3.05, 3.63) is 88.5 Å². The van der Waals surface area contributed by atoms with Crippen LogP contribution in [0.3, 0.4) is 0 Å². The van der Waals surface area contributed by atoms with Crippen LogP contribution in [0.2, 0.25) is 0 Å². The number of anilines is 1. The van der Waals surface area contributed by atoms with Gasteiger partial charge in [0.1, 0.15) is 11.5 Å². The minimum Gasteiger partial charge on any atom is -0.406 e. The second-order valence-electron chi connectivity index (χ2n) is 9.64. The van der Waals surface area contributed by atoms with Crippen molar-refractivity contribution < 1.29 is 9.68 Å². The molecule has 0 atom stereocenters. The van der Waals surface area contributed by atoms with E-state index in [0.29, 0.717) is 0 Å². The van der Waals surface area contributed by atoms with E-state index in [1.165, 1.54) is 33.5 Å². The summed E-state index contributed by atoms with van der Waals surface area (Å²) in [5.74, 6) is 1.78. The Bertz CT molecular complexity index is 1070. The molecule has 0 aromatic heterocycles. The molecule has 0 amide bonds. The minimum atomic E-state index is 0.0428. The quantitative estimate of drug-likeness (QED) is 0.162. The first-order valence-electron chi connectivity index (χ1n) is 14.3. The maximum atomic E-state index is 6.24. The van der Waals surface area contributed by atoms with E-state index in [9.17, 15) is 0 Å². The number of hydroxylamine groups is 4. The molecule has 3 rings (SSSR count). The molecule has 0 spiro atoms. The van der Waals surface area contributed by atoms with Gasteiger partial charge in [0, 0.05) is 50.9 Å². The summed E-state index contributed by atoms with van der Waals surface area (Å²) in [6.45, 7) is 22.6. The fraction of sp³-hybridized carbons (Fsp3) is 0.455. The van der Waals surface area contributed by atoms with Gasteiger partial charge in [0.15, 0.2) is 0 Å². The molecule has 3 aromatic rings. The van der Waals surface area contributed by atoms with Crippen molar-refractivity contribution in [2.75, 3.05) is 44.2 Å². The SMILES string of the molecule is CCN(CC)Oc1ccc(C)c(C(c2ccc(N(CC)CC)cc2)c2cc(ON(CC)CC)ccc2C)c1. The highest BCUT2D eigenvalue weighted by Crippen LogP contribution is 2.39. The first-order chi connectivity index (χ1) is 18.4. The van der Waals surface area contributed by atoms with Gasteiger partial charge in [0.2, 0.25) is 0 Å². The third-order valence-electron chi connectivity index (χ3n) is 7.36. The Morgan fingerprint density at radius 1 is 0.553 bits per heavy atom. The van der Waals surface area contributed by atoms with Crippen molar-refractivity contribution in [3.63, 3.8) is 0 Å². The van der Waals surface area contributed by atoms with Gasteiger partial charge in [-0.05, 0) is 120 Å². The Kier molecular flexibility index (Phi) is 11.1. The van der Waals surface area contributed by atoms with Crippen molar-refractivity contribution >= 4 is 5.69 Å².